The maximum absolute atomic E-state index is 5.76. The number of pyridine rings is 1. The van der Waals surface area contributed by atoms with E-state index in [4.69, 9.17) is 5.73 Å². The summed E-state index contributed by atoms with van der Waals surface area (Å²) in [5, 5.41) is 2.07. The van der Waals surface area contributed by atoms with Crippen molar-refractivity contribution in [2.45, 2.75) is 6.42 Å². The number of rotatable bonds is 2. The van der Waals surface area contributed by atoms with Crippen LogP contribution in [0.15, 0.2) is 34.2 Å². The van der Waals surface area contributed by atoms with Crippen LogP contribution in [0.5, 0.6) is 0 Å². The molecule has 0 spiro atoms. The summed E-state index contributed by atoms with van der Waals surface area (Å²) in [6.07, 6.45) is 2.57. The average Bonchev–Trinajstić information content (AvgIpc) is 2.56. The summed E-state index contributed by atoms with van der Waals surface area (Å²) < 4.78 is 1.12. The molecule has 0 radical (unpaired) electrons. The molecule has 0 amide bonds. The lowest BCUT2D eigenvalue weighted by Crippen LogP contribution is -1.96. The maximum atomic E-state index is 5.76. The van der Waals surface area contributed by atoms with Gasteiger partial charge in [-0.1, -0.05) is 6.07 Å². The molecule has 0 aliphatic rings. The zero-order valence-corrected chi connectivity index (χ0v) is 9.81. The number of hydrogen-bond donors (Lipinski definition) is 1. The van der Waals surface area contributed by atoms with Crippen molar-refractivity contribution in [3.8, 4) is 0 Å². The number of hydrogen-bond acceptors (Lipinski definition) is 3. The first kappa shape index (κ1) is 9.68. The van der Waals surface area contributed by atoms with E-state index in [1.807, 2.05) is 12.1 Å². The van der Waals surface area contributed by atoms with E-state index < -0.39 is 0 Å². The molecule has 0 aliphatic heterocycles. The molecule has 2 nitrogen and oxygen atoms in total. The Labute approximate surface area is 94.9 Å². The van der Waals surface area contributed by atoms with Crippen LogP contribution < -0.4 is 5.73 Å². The van der Waals surface area contributed by atoms with E-state index in [0.717, 1.165) is 16.5 Å². The summed E-state index contributed by atoms with van der Waals surface area (Å²) in [7, 11) is 0. The Morgan fingerprint density at radius 3 is 3.00 bits per heavy atom. The second-order valence-corrected chi connectivity index (χ2v) is 4.87. The van der Waals surface area contributed by atoms with Crippen LogP contribution in [-0.4, -0.2) is 4.98 Å². The van der Waals surface area contributed by atoms with Gasteiger partial charge >= 0.3 is 0 Å². The van der Waals surface area contributed by atoms with Gasteiger partial charge in [0.2, 0.25) is 0 Å². The van der Waals surface area contributed by atoms with Gasteiger partial charge in [0.15, 0.2) is 0 Å². The highest BCUT2D eigenvalue weighted by Crippen LogP contribution is 2.23. The first-order valence-corrected chi connectivity index (χ1v) is 5.85. The Morgan fingerprint density at radius 1 is 1.50 bits per heavy atom. The molecular weight excluding hydrogens is 260 g/mol. The van der Waals surface area contributed by atoms with Crippen LogP contribution in [0.25, 0.3) is 0 Å². The van der Waals surface area contributed by atoms with Gasteiger partial charge in [0.05, 0.1) is 0 Å². The van der Waals surface area contributed by atoms with E-state index in [1.54, 1.807) is 17.5 Å². The first-order chi connectivity index (χ1) is 6.75. The van der Waals surface area contributed by atoms with Gasteiger partial charge in [-0.15, -0.1) is 11.3 Å². The van der Waals surface area contributed by atoms with Crippen molar-refractivity contribution in [3.05, 3.63) is 44.7 Å². The number of nitrogens with zero attached hydrogens (tertiary/aromatic N) is 1. The van der Waals surface area contributed by atoms with E-state index in [0.29, 0.717) is 5.82 Å². The molecule has 0 fully saturated rings. The fourth-order valence-electron chi connectivity index (χ4n) is 1.23. The lowest BCUT2D eigenvalue weighted by molar-refractivity contribution is 1.18. The molecule has 0 aliphatic carbocycles. The third-order valence-electron chi connectivity index (χ3n) is 1.91. The first-order valence-electron chi connectivity index (χ1n) is 4.18. The van der Waals surface area contributed by atoms with Crippen molar-refractivity contribution in [1.29, 1.82) is 0 Å². The van der Waals surface area contributed by atoms with Gasteiger partial charge in [-0.25, -0.2) is 4.98 Å². The number of anilines is 1. The van der Waals surface area contributed by atoms with Crippen molar-refractivity contribution in [2.24, 2.45) is 0 Å². The van der Waals surface area contributed by atoms with Gasteiger partial charge < -0.3 is 5.73 Å². The number of aromatic nitrogens is 1. The second-order valence-electron chi connectivity index (χ2n) is 2.96. The standard InChI is InChI=1S/C10H9BrN2S/c11-8-5-9(14-6-8)4-7-2-1-3-13-10(7)12/h1-3,5-6H,4H2,(H2,12,13). The number of nitrogen functional groups attached to an aromatic ring is 1. The molecule has 4 heteroatoms. The van der Waals surface area contributed by atoms with E-state index in [2.05, 4.69) is 32.4 Å². The largest absolute Gasteiger partial charge is 0.383 e. The molecule has 72 valence electrons. The predicted octanol–water partition coefficient (Wildman–Crippen LogP) is 3.08. The lowest BCUT2D eigenvalue weighted by Gasteiger charge is -2.01. The molecule has 2 aromatic heterocycles. The molecule has 0 unspecified atom stereocenters. The molecule has 0 aromatic carbocycles. The predicted molar refractivity (Wildman–Crippen MR) is 63.5 cm³/mol. The summed E-state index contributed by atoms with van der Waals surface area (Å²) in [5.41, 5.74) is 6.84. The quantitative estimate of drug-likeness (QED) is 0.909. The fourth-order valence-corrected chi connectivity index (χ4v) is 2.71. The van der Waals surface area contributed by atoms with Crippen LogP contribution in [0.1, 0.15) is 10.4 Å². The molecule has 2 rings (SSSR count). The Balaban J connectivity index is 2.23. The highest BCUT2D eigenvalue weighted by atomic mass is 79.9. The van der Waals surface area contributed by atoms with Gasteiger partial charge in [-0.05, 0) is 33.6 Å². The van der Waals surface area contributed by atoms with Gasteiger partial charge in [0.1, 0.15) is 5.82 Å². The zero-order chi connectivity index (χ0) is 9.97. The van der Waals surface area contributed by atoms with Crippen LogP contribution in [0.4, 0.5) is 5.82 Å². The molecule has 0 saturated carbocycles. The SMILES string of the molecule is Nc1ncccc1Cc1cc(Br)cs1. The van der Waals surface area contributed by atoms with Gasteiger partial charge in [0.25, 0.3) is 0 Å². The number of nitrogens with two attached hydrogens (primary N) is 1. The van der Waals surface area contributed by atoms with Crippen LogP contribution >= 0.6 is 27.3 Å². The number of halogens is 1. The van der Waals surface area contributed by atoms with E-state index >= 15 is 0 Å². The Kier molecular flexibility index (Phi) is 2.84. The van der Waals surface area contributed by atoms with Crippen molar-refractivity contribution < 1.29 is 0 Å². The zero-order valence-electron chi connectivity index (χ0n) is 7.40. The summed E-state index contributed by atoms with van der Waals surface area (Å²) in [6.45, 7) is 0. The Hall–Kier alpha value is -0.870. The van der Waals surface area contributed by atoms with Gasteiger partial charge in [-0.2, -0.15) is 0 Å². The summed E-state index contributed by atoms with van der Waals surface area (Å²) >= 11 is 5.15. The minimum absolute atomic E-state index is 0.622. The third-order valence-corrected chi connectivity index (χ3v) is 3.61. The van der Waals surface area contributed by atoms with Crippen molar-refractivity contribution in [2.75, 3.05) is 5.73 Å². The summed E-state index contributed by atoms with van der Waals surface area (Å²) in [4.78, 5) is 5.34. The normalized spacial score (nSPS) is 10.4. The minimum atomic E-state index is 0.622. The minimum Gasteiger partial charge on any atom is -0.383 e. The molecule has 0 saturated heterocycles. The Morgan fingerprint density at radius 2 is 2.36 bits per heavy atom. The molecule has 14 heavy (non-hydrogen) atoms. The fraction of sp³-hybridized carbons (Fsp3) is 0.100. The molecule has 0 atom stereocenters. The van der Waals surface area contributed by atoms with Crippen LogP contribution in [0.2, 0.25) is 0 Å². The highest BCUT2D eigenvalue weighted by Gasteiger charge is 2.02. The second kappa shape index (κ2) is 4.11. The smallest absolute Gasteiger partial charge is 0.126 e. The molecule has 2 heterocycles. The summed E-state index contributed by atoms with van der Waals surface area (Å²) in [5.74, 6) is 0.622. The van der Waals surface area contributed by atoms with Crippen LogP contribution in [0.3, 0.4) is 0 Å². The van der Waals surface area contributed by atoms with Crippen molar-refractivity contribution >= 4 is 33.1 Å². The monoisotopic (exact) mass is 268 g/mol. The van der Waals surface area contributed by atoms with Gasteiger partial charge in [-0.3, -0.25) is 0 Å². The van der Waals surface area contributed by atoms with E-state index in [9.17, 15) is 0 Å². The summed E-state index contributed by atoms with van der Waals surface area (Å²) in [6, 6.07) is 6.03. The lowest BCUT2D eigenvalue weighted by atomic mass is 10.1. The molecule has 2 aromatic rings. The molecule has 2 N–H and O–H groups in total. The van der Waals surface area contributed by atoms with E-state index in [-0.39, 0.29) is 0 Å². The van der Waals surface area contributed by atoms with Gasteiger partial charge in [0, 0.05) is 27.3 Å². The third kappa shape index (κ3) is 2.13. The van der Waals surface area contributed by atoms with Crippen LogP contribution in [0, 0.1) is 0 Å². The Bertz CT molecular complexity index is 439. The highest BCUT2D eigenvalue weighted by molar-refractivity contribution is 9.10. The van der Waals surface area contributed by atoms with E-state index in [1.165, 1.54) is 4.88 Å². The topological polar surface area (TPSA) is 38.9 Å². The van der Waals surface area contributed by atoms with Crippen molar-refractivity contribution in [1.82, 2.24) is 4.98 Å². The van der Waals surface area contributed by atoms with Crippen LogP contribution in [-0.2, 0) is 6.42 Å². The molecular formula is C10H9BrN2S. The molecule has 0 bridgehead atoms. The average molecular weight is 269 g/mol. The maximum Gasteiger partial charge on any atom is 0.126 e. The number of thiophene rings is 1. The van der Waals surface area contributed by atoms with Crippen molar-refractivity contribution in [3.63, 3.8) is 0 Å².